The molecule has 2 aromatic rings. The molecule has 0 aliphatic rings. The Morgan fingerprint density at radius 1 is 1.21 bits per heavy atom. The average molecular weight is 277 g/mol. The van der Waals surface area contributed by atoms with Crippen LogP contribution in [0.5, 0.6) is 5.88 Å². The van der Waals surface area contributed by atoms with Crippen LogP contribution in [0.3, 0.4) is 0 Å². The number of nitrogens with zero attached hydrogens (tertiary/aromatic N) is 1. The molecule has 0 radical (unpaired) electrons. The van der Waals surface area contributed by atoms with Gasteiger partial charge in [0.05, 0.1) is 0 Å². The van der Waals surface area contributed by atoms with Crippen LogP contribution in [-0.4, -0.2) is 11.5 Å². The van der Waals surface area contributed by atoms with E-state index in [0.29, 0.717) is 12.5 Å². The maximum atomic E-state index is 5.85. The quantitative estimate of drug-likeness (QED) is 0.878. The summed E-state index contributed by atoms with van der Waals surface area (Å²) >= 11 is 5.85. The molecule has 0 bridgehead atoms. The fourth-order valence-corrected chi connectivity index (χ4v) is 1.81. The van der Waals surface area contributed by atoms with E-state index in [1.165, 1.54) is 0 Å². The van der Waals surface area contributed by atoms with Crippen molar-refractivity contribution in [2.75, 3.05) is 6.54 Å². The maximum absolute atomic E-state index is 5.85. The SMILES string of the molecule is CCNCc1cccnc1OCc1ccc(Cl)cc1. The van der Waals surface area contributed by atoms with Crippen LogP contribution in [0, 0.1) is 0 Å². The molecule has 0 amide bonds. The smallest absolute Gasteiger partial charge is 0.218 e. The van der Waals surface area contributed by atoms with Gasteiger partial charge in [0.15, 0.2) is 0 Å². The summed E-state index contributed by atoms with van der Waals surface area (Å²) < 4.78 is 5.77. The van der Waals surface area contributed by atoms with Gasteiger partial charge in [-0.25, -0.2) is 4.98 Å². The van der Waals surface area contributed by atoms with Crippen molar-refractivity contribution in [2.45, 2.75) is 20.1 Å². The molecule has 1 N–H and O–H groups in total. The van der Waals surface area contributed by atoms with Crippen LogP contribution in [0.2, 0.25) is 5.02 Å². The fraction of sp³-hybridized carbons (Fsp3) is 0.267. The second-order valence-corrected chi connectivity index (χ2v) is 4.60. The molecule has 0 saturated carbocycles. The number of hydrogen-bond donors (Lipinski definition) is 1. The van der Waals surface area contributed by atoms with Crippen molar-refractivity contribution in [1.29, 1.82) is 0 Å². The predicted octanol–water partition coefficient (Wildman–Crippen LogP) is 3.42. The molecular weight excluding hydrogens is 260 g/mol. The lowest BCUT2D eigenvalue weighted by molar-refractivity contribution is 0.289. The third-order valence-corrected chi connectivity index (χ3v) is 2.96. The molecule has 4 heteroatoms. The van der Waals surface area contributed by atoms with E-state index in [1.54, 1.807) is 6.20 Å². The Morgan fingerprint density at radius 2 is 2.00 bits per heavy atom. The minimum absolute atomic E-state index is 0.493. The number of nitrogens with one attached hydrogen (secondary N) is 1. The summed E-state index contributed by atoms with van der Waals surface area (Å²) in [4.78, 5) is 4.28. The summed E-state index contributed by atoms with van der Waals surface area (Å²) in [5.74, 6) is 0.679. The van der Waals surface area contributed by atoms with Gasteiger partial charge in [0.1, 0.15) is 6.61 Å². The molecule has 0 aliphatic carbocycles. The lowest BCUT2D eigenvalue weighted by Crippen LogP contribution is -2.13. The van der Waals surface area contributed by atoms with Gasteiger partial charge in [-0.05, 0) is 30.3 Å². The molecule has 19 heavy (non-hydrogen) atoms. The topological polar surface area (TPSA) is 34.2 Å². The van der Waals surface area contributed by atoms with Crippen molar-refractivity contribution in [3.63, 3.8) is 0 Å². The van der Waals surface area contributed by atoms with E-state index >= 15 is 0 Å². The van der Waals surface area contributed by atoms with Gasteiger partial charge >= 0.3 is 0 Å². The van der Waals surface area contributed by atoms with Crippen molar-refractivity contribution >= 4 is 11.6 Å². The Morgan fingerprint density at radius 3 is 2.74 bits per heavy atom. The van der Waals surface area contributed by atoms with E-state index in [4.69, 9.17) is 16.3 Å². The normalized spacial score (nSPS) is 10.4. The third kappa shape index (κ3) is 4.23. The van der Waals surface area contributed by atoms with Gasteiger partial charge in [-0.15, -0.1) is 0 Å². The van der Waals surface area contributed by atoms with E-state index in [2.05, 4.69) is 17.2 Å². The minimum Gasteiger partial charge on any atom is -0.473 e. The molecule has 0 spiro atoms. The molecule has 0 fully saturated rings. The van der Waals surface area contributed by atoms with Crippen LogP contribution in [-0.2, 0) is 13.2 Å². The lowest BCUT2D eigenvalue weighted by atomic mass is 10.2. The lowest BCUT2D eigenvalue weighted by Gasteiger charge is -2.10. The highest BCUT2D eigenvalue weighted by molar-refractivity contribution is 6.30. The Hall–Kier alpha value is -1.58. The second-order valence-electron chi connectivity index (χ2n) is 4.16. The van der Waals surface area contributed by atoms with E-state index in [1.807, 2.05) is 36.4 Å². The first kappa shape index (κ1) is 13.8. The number of halogens is 1. The summed E-state index contributed by atoms with van der Waals surface area (Å²) in [6, 6.07) is 11.6. The molecule has 1 aromatic carbocycles. The number of pyridine rings is 1. The summed E-state index contributed by atoms with van der Waals surface area (Å²) in [7, 11) is 0. The standard InChI is InChI=1S/C15H17ClN2O/c1-2-17-10-13-4-3-9-18-15(13)19-11-12-5-7-14(16)8-6-12/h3-9,17H,2,10-11H2,1H3. The first-order valence-electron chi connectivity index (χ1n) is 6.31. The molecule has 3 nitrogen and oxygen atoms in total. The Balaban J connectivity index is 2.00. The Kier molecular flexibility index (Phi) is 5.19. The van der Waals surface area contributed by atoms with Gasteiger partial charge in [0.25, 0.3) is 0 Å². The highest BCUT2D eigenvalue weighted by Gasteiger charge is 2.04. The molecular formula is C15H17ClN2O. The monoisotopic (exact) mass is 276 g/mol. The predicted molar refractivity (Wildman–Crippen MR) is 77.4 cm³/mol. The number of ether oxygens (including phenoxy) is 1. The highest BCUT2D eigenvalue weighted by atomic mass is 35.5. The molecule has 1 heterocycles. The highest BCUT2D eigenvalue weighted by Crippen LogP contribution is 2.16. The number of rotatable bonds is 6. The number of hydrogen-bond acceptors (Lipinski definition) is 3. The van der Waals surface area contributed by atoms with Crippen LogP contribution in [0.25, 0.3) is 0 Å². The third-order valence-electron chi connectivity index (χ3n) is 2.70. The van der Waals surface area contributed by atoms with Crippen molar-refractivity contribution in [1.82, 2.24) is 10.3 Å². The van der Waals surface area contributed by atoms with Crippen LogP contribution < -0.4 is 10.1 Å². The summed E-state index contributed by atoms with van der Waals surface area (Å²) in [5, 5.41) is 4.00. The molecule has 1 aromatic heterocycles. The van der Waals surface area contributed by atoms with E-state index in [9.17, 15) is 0 Å². The molecule has 100 valence electrons. The molecule has 0 unspecified atom stereocenters. The van der Waals surface area contributed by atoms with E-state index < -0.39 is 0 Å². The Labute approximate surface area is 118 Å². The summed E-state index contributed by atoms with van der Waals surface area (Å²) in [5.41, 5.74) is 2.14. The number of aromatic nitrogens is 1. The summed E-state index contributed by atoms with van der Waals surface area (Å²) in [6.45, 7) is 4.25. The largest absolute Gasteiger partial charge is 0.473 e. The maximum Gasteiger partial charge on any atom is 0.218 e. The van der Waals surface area contributed by atoms with Crippen LogP contribution in [0.15, 0.2) is 42.6 Å². The van der Waals surface area contributed by atoms with Crippen LogP contribution in [0.1, 0.15) is 18.1 Å². The van der Waals surface area contributed by atoms with Gasteiger partial charge < -0.3 is 10.1 Å². The van der Waals surface area contributed by atoms with Crippen molar-refractivity contribution in [3.8, 4) is 5.88 Å². The zero-order valence-electron chi connectivity index (χ0n) is 10.9. The molecule has 0 saturated heterocycles. The average Bonchev–Trinajstić information content (AvgIpc) is 2.45. The Bertz CT molecular complexity index is 514. The van der Waals surface area contributed by atoms with Crippen LogP contribution >= 0.6 is 11.6 Å². The molecule has 0 aliphatic heterocycles. The van der Waals surface area contributed by atoms with Gasteiger partial charge in [-0.2, -0.15) is 0 Å². The fourth-order valence-electron chi connectivity index (χ4n) is 1.68. The first-order chi connectivity index (χ1) is 9.29. The zero-order valence-corrected chi connectivity index (χ0v) is 11.7. The van der Waals surface area contributed by atoms with Gasteiger partial charge in [0, 0.05) is 23.3 Å². The van der Waals surface area contributed by atoms with Crippen LogP contribution in [0.4, 0.5) is 0 Å². The minimum atomic E-state index is 0.493. The van der Waals surface area contributed by atoms with Gasteiger partial charge in [-0.3, -0.25) is 0 Å². The first-order valence-corrected chi connectivity index (χ1v) is 6.69. The van der Waals surface area contributed by atoms with Crippen molar-refractivity contribution in [3.05, 3.63) is 58.7 Å². The van der Waals surface area contributed by atoms with Crippen molar-refractivity contribution < 1.29 is 4.74 Å². The zero-order chi connectivity index (χ0) is 13.5. The summed E-state index contributed by atoms with van der Waals surface area (Å²) in [6.07, 6.45) is 1.74. The van der Waals surface area contributed by atoms with E-state index in [-0.39, 0.29) is 0 Å². The van der Waals surface area contributed by atoms with Gasteiger partial charge in [0.2, 0.25) is 5.88 Å². The van der Waals surface area contributed by atoms with Gasteiger partial charge in [-0.1, -0.05) is 36.7 Å². The second kappa shape index (κ2) is 7.12. The van der Waals surface area contributed by atoms with E-state index in [0.717, 1.165) is 29.2 Å². The van der Waals surface area contributed by atoms with Crippen molar-refractivity contribution in [2.24, 2.45) is 0 Å². The molecule has 2 rings (SSSR count). The number of benzene rings is 1. The molecule has 0 atom stereocenters.